The van der Waals surface area contributed by atoms with Crippen molar-refractivity contribution in [2.75, 3.05) is 6.54 Å². The molecule has 120 valence electrons. The monoisotopic (exact) mass is 304 g/mol. The number of hydrogen-bond donors (Lipinski definition) is 3. The lowest BCUT2D eigenvalue weighted by molar-refractivity contribution is 0.0697. The average Bonchev–Trinajstić information content (AvgIpc) is 2.41. The lowest BCUT2D eigenvalue weighted by Gasteiger charge is -2.40. The Kier molecular flexibility index (Phi) is 5.06. The summed E-state index contributed by atoms with van der Waals surface area (Å²) in [5, 5.41) is 14.6. The number of urea groups is 1. The first-order valence-corrected chi connectivity index (χ1v) is 7.72. The maximum atomic E-state index is 11.9. The topological polar surface area (TPSA) is 78.4 Å². The van der Waals surface area contributed by atoms with Crippen molar-refractivity contribution >= 4 is 12.0 Å². The molecule has 1 aliphatic rings. The van der Waals surface area contributed by atoms with Crippen LogP contribution >= 0.6 is 0 Å². The third kappa shape index (κ3) is 4.23. The van der Waals surface area contributed by atoms with E-state index in [1.54, 1.807) is 12.1 Å². The first-order valence-electron chi connectivity index (χ1n) is 7.72. The van der Waals surface area contributed by atoms with Gasteiger partial charge in [0.1, 0.15) is 0 Å². The van der Waals surface area contributed by atoms with Crippen LogP contribution in [0.2, 0.25) is 0 Å². The van der Waals surface area contributed by atoms with Crippen molar-refractivity contribution in [1.82, 2.24) is 10.6 Å². The van der Waals surface area contributed by atoms with Gasteiger partial charge in [-0.3, -0.25) is 0 Å². The Morgan fingerprint density at radius 3 is 2.32 bits per heavy atom. The molecule has 0 heterocycles. The van der Waals surface area contributed by atoms with Crippen LogP contribution in [0.1, 0.15) is 49.0 Å². The summed E-state index contributed by atoms with van der Waals surface area (Å²) in [7, 11) is 0. The fourth-order valence-corrected chi connectivity index (χ4v) is 2.65. The number of rotatable bonds is 6. The molecule has 5 heteroatoms. The normalized spacial score (nSPS) is 15.0. The highest BCUT2D eigenvalue weighted by Crippen LogP contribution is 2.41. The lowest BCUT2D eigenvalue weighted by atomic mass is 9.67. The molecule has 1 aromatic rings. The van der Waals surface area contributed by atoms with Crippen molar-refractivity contribution < 1.29 is 14.7 Å². The van der Waals surface area contributed by atoms with Crippen molar-refractivity contribution in [3.63, 3.8) is 0 Å². The Labute approximate surface area is 131 Å². The molecule has 3 N–H and O–H groups in total. The predicted octanol–water partition coefficient (Wildman–Crippen LogP) is 3.01. The lowest BCUT2D eigenvalue weighted by Crippen LogP contribution is -2.44. The second kappa shape index (κ2) is 6.81. The smallest absolute Gasteiger partial charge is 0.335 e. The van der Waals surface area contributed by atoms with Gasteiger partial charge in [0.2, 0.25) is 0 Å². The fraction of sp³-hybridized carbons (Fsp3) is 0.529. The van der Waals surface area contributed by atoms with Crippen molar-refractivity contribution in [1.29, 1.82) is 0 Å². The van der Waals surface area contributed by atoms with Crippen LogP contribution in [0.25, 0.3) is 0 Å². The molecule has 5 nitrogen and oxygen atoms in total. The summed E-state index contributed by atoms with van der Waals surface area (Å²) >= 11 is 0. The van der Waals surface area contributed by atoms with Gasteiger partial charge < -0.3 is 15.7 Å². The minimum atomic E-state index is -0.949. The minimum Gasteiger partial charge on any atom is -0.478 e. The Balaban J connectivity index is 1.74. The van der Waals surface area contributed by atoms with Gasteiger partial charge in [0.25, 0.3) is 0 Å². The van der Waals surface area contributed by atoms with Crippen molar-refractivity contribution in [2.24, 2.45) is 11.3 Å². The van der Waals surface area contributed by atoms with Crippen molar-refractivity contribution in [2.45, 2.75) is 39.7 Å². The molecule has 1 fully saturated rings. The third-order valence-corrected chi connectivity index (χ3v) is 4.57. The van der Waals surface area contributed by atoms with Gasteiger partial charge in [0.15, 0.2) is 0 Å². The zero-order chi connectivity index (χ0) is 16.2. The van der Waals surface area contributed by atoms with Crippen molar-refractivity contribution in [3.05, 3.63) is 35.4 Å². The minimum absolute atomic E-state index is 0.138. The Bertz CT molecular complexity index is 533. The van der Waals surface area contributed by atoms with Crippen LogP contribution in [0.4, 0.5) is 4.79 Å². The number of aromatic carboxylic acids is 1. The zero-order valence-electron chi connectivity index (χ0n) is 13.2. The molecule has 0 aliphatic heterocycles. The Hall–Kier alpha value is -2.04. The van der Waals surface area contributed by atoms with Gasteiger partial charge in [0.05, 0.1) is 5.56 Å². The number of carbonyl (C=O) groups excluding carboxylic acids is 1. The first-order chi connectivity index (χ1) is 10.4. The van der Waals surface area contributed by atoms with E-state index in [0.717, 1.165) is 5.56 Å². The van der Waals surface area contributed by atoms with Gasteiger partial charge >= 0.3 is 12.0 Å². The molecule has 0 spiro atoms. The van der Waals surface area contributed by atoms with E-state index in [4.69, 9.17) is 5.11 Å². The molecular weight excluding hydrogens is 280 g/mol. The molecule has 0 bridgehead atoms. The molecule has 0 unspecified atom stereocenters. The van der Waals surface area contributed by atoms with E-state index in [2.05, 4.69) is 24.5 Å². The van der Waals surface area contributed by atoms with Gasteiger partial charge in [-0.05, 0) is 41.9 Å². The second-order valence-corrected chi connectivity index (χ2v) is 6.65. The standard InChI is InChI=1S/C17H24N2O3/c1-17(2,14-4-3-5-14)11-19-16(22)18-10-12-6-8-13(9-7-12)15(20)21/h6-9,14H,3-5,10-11H2,1-2H3,(H,20,21)(H2,18,19,22). The summed E-state index contributed by atoms with van der Waals surface area (Å²) in [6, 6.07) is 6.31. The average molecular weight is 304 g/mol. The molecule has 1 aliphatic carbocycles. The molecule has 1 saturated carbocycles. The number of carboxylic acid groups (broad SMARTS) is 1. The zero-order valence-corrected chi connectivity index (χ0v) is 13.2. The highest BCUT2D eigenvalue weighted by molar-refractivity contribution is 5.87. The number of nitrogens with one attached hydrogen (secondary N) is 2. The number of carbonyl (C=O) groups is 2. The molecule has 0 aromatic heterocycles. The maximum Gasteiger partial charge on any atom is 0.335 e. The molecule has 2 rings (SSSR count). The summed E-state index contributed by atoms with van der Waals surface area (Å²) < 4.78 is 0. The van der Waals surface area contributed by atoms with E-state index in [9.17, 15) is 9.59 Å². The maximum absolute atomic E-state index is 11.9. The summed E-state index contributed by atoms with van der Waals surface area (Å²) in [4.78, 5) is 22.6. The van der Waals surface area contributed by atoms with Gasteiger partial charge in [-0.1, -0.05) is 32.4 Å². The van der Waals surface area contributed by atoms with Crippen molar-refractivity contribution in [3.8, 4) is 0 Å². The first kappa shape index (κ1) is 16.3. The highest BCUT2D eigenvalue weighted by atomic mass is 16.4. The van der Waals surface area contributed by atoms with E-state index in [1.165, 1.54) is 31.4 Å². The number of amides is 2. The van der Waals surface area contributed by atoms with Crippen LogP contribution in [0.15, 0.2) is 24.3 Å². The van der Waals surface area contributed by atoms with Crippen LogP contribution in [-0.2, 0) is 6.54 Å². The molecule has 0 radical (unpaired) electrons. The Morgan fingerprint density at radius 2 is 1.82 bits per heavy atom. The molecule has 2 amide bonds. The molecule has 22 heavy (non-hydrogen) atoms. The van der Waals surface area contributed by atoms with E-state index < -0.39 is 5.97 Å². The number of hydrogen-bond acceptors (Lipinski definition) is 2. The largest absolute Gasteiger partial charge is 0.478 e. The molecular formula is C17H24N2O3. The SMILES string of the molecule is CC(C)(CNC(=O)NCc1ccc(C(=O)O)cc1)C1CCC1. The van der Waals surface area contributed by atoms with Crippen LogP contribution < -0.4 is 10.6 Å². The summed E-state index contributed by atoms with van der Waals surface area (Å²) in [6.07, 6.45) is 3.81. The number of benzene rings is 1. The van der Waals surface area contributed by atoms with E-state index in [-0.39, 0.29) is 17.0 Å². The van der Waals surface area contributed by atoms with E-state index in [1.807, 2.05) is 0 Å². The quantitative estimate of drug-likeness (QED) is 0.756. The number of carboxylic acids is 1. The molecule has 1 aromatic carbocycles. The van der Waals surface area contributed by atoms with Gasteiger partial charge in [0, 0.05) is 13.1 Å². The second-order valence-electron chi connectivity index (χ2n) is 6.65. The van der Waals surface area contributed by atoms with Gasteiger partial charge in [-0.15, -0.1) is 0 Å². The van der Waals surface area contributed by atoms with Crippen LogP contribution in [0.5, 0.6) is 0 Å². The summed E-state index contributed by atoms with van der Waals surface area (Å²) in [6.45, 7) is 5.44. The molecule has 0 saturated heterocycles. The predicted molar refractivity (Wildman–Crippen MR) is 84.8 cm³/mol. The van der Waals surface area contributed by atoms with E-state index in [0.29, 0.717) is 19.0 Å². The van der Waals surface area contributed by atoms with Crippen LogP contribution in [0, 0.1) is 11.3 Å². The van der Waals surface area contributed by atoms with Gasteiger partial charge in [-0.2, -0.15) is 0 Å². The molecule has 0 atom stereocenters. The summed E-state index contributed by atoms with van der Waals surface area (Å²) in [5.74, 6) is -0.244. The third-order valence-electron chi connectivity index (χ3n) is 4.57. The van der Waals surface area contributed by atoms with E-state index >= 15 is 0 Å². The summed E-state index contributed by atoms with van der Waals surface area (Å²) in [5.41, 5.74) is 1.26. The van der Waals surface area contributed by atoms with Crippen LogP contribution in [-0.4, -0.2) is 23.7 Å². The Morgan fingerprint density at radius 1 is 1.18 bits per heavy atom. The van der Waals surface area contributed by atoms with Gasteiger partial charge in [-0.25, -0.2) is 9.59 Å². The highest BCUT2D eigenvalue weighted by Gasteiger charge is 2.33. The fourth-order valence-electron chi connectivity index (χ4n) is 2.65. The van der Waals surface area contributed by atoms with Crippen LogP contribution in [0.3, 0.4) is 0 Å².